The number of carbonyl (C=O) groups is 1. The number of hydrogen-bond donors (Lipinski definition) is 1. The zero-order chi connectivity index (χ0) is 21.7. The molecule has 0 radical (unpaired) electrons. The van der Waals surface area contributed by atoms with Crippen LogP contribution in [0.25, 0.3) is 10.8 Å². The van der Waals surface area contributed by atoms with E-state index in [4.69, 9.17) is 0 Å². The van der Waals surface area contributed by atoms with Crippen LogP contribution in [-0.2, 0) is 10.0 Å². The van der Waals surface area contributed by atoms with E-state index in [1.807, 2.05) is 54.6 Å². The van der Waals surface area contributed by atoms with Gasteiger partial charge in [0.1, 0.15) is 5.82 Å². The lowest BCUT2D eigenvalue weighted by Gasteiger charge is -2.34. The lowest BCUT2D eigenvalue weighted by molar-refractivity contribution is 0.0953. The molecule has 1 N–H and O–H groups in total. The number of amides is 1. The van der Waals surface area contributed by atoms with E-state index in [0.717, 1.165) is 16.6 Å². The van der Waals surface area contributed by atoms with Gasteiger partial charge in [-0.05, 0) is 41.5 Å². The molecule has 0 unspecified atom stereocenters. The highest BCUT2D eigenvalue weighted by molar-refractivity contribution is 7.89. The lowest BCUT2D eigenvalue weighted by Crippen LogP contribution is -2.49. The highest BCUT2D eigenvalue weighted by atomic mass is 32.2. The molecular weight excluding hydrogens is 412 g/mol. The van der Waals surface area contributed by atoms with E-state index in [-0.39, 0.29) is 11.7 Å². The molecule has 0 atom stereocenters. The monoisotopic (exact) mass is 438 g/mol. The molecule has 3 aromatic rings. The van der Waals surface area contributed by atoms with Crippen LogP contribution in [0.4, 0.5) is 5.82 Å². The van der Waals surface area contributed by atoms with Gasteiger partial charge in [-0.25, -0.2) is 13.4 Å². The molecule has 31 heavy (non-hydrogen) atoms. The van der Waals surface area contributed by atoms with E-state index >= 15 is 0 Å². The number of nitrogens with one attached hydrogen (secondary N) is 1. The minimum absolute atomic E-state index is 0.0224. The quantitative estimate of drug-likeness (QED) is 0.573. The number of rotatable bonds is 7. The van der Waals surface area contributed by atoms with Gasteiger partial charge in [-0.1, -0.05) is 36.4 Å². The van der Waals surface area contributed by atoms with Gasteiger partial charge < -0.3 is 10.2 Å². The Morgan fingerprint density at radius 3 is 2.42 bits per heavy atom. The molecule has 1 aromatic heterocycles. The second-order valence-corrected chi connectivity index (χ2v) is 9.65. The second-order valence-electron chi connectivity index (χ2n) is 7.56. The van der Waals surface area contributed by atoms with Gasteiger partial charge in [-0.2, -0.15) is 4.31 Å². The van der Waals surface area contributed by atoms with Crippen LogP contribution in [0.3, 0.4) is 0 Å². The Kier molecular flexibility index (Phi) is 6.48. The number of sulfonamides is 1. The van der Waals surface area contributed by atoms with Crippen LogP contribution in [-0.4, -0.2) is 62.1 Å². The Bertz CT molecular complexity index is 1140. The van der Waals surface area contributed by atoms with E-state index in [0.29, 0.717) is 44.7 Å². The molecule has 1 saturated heterocycles. The van der Waals surface area contributed by atoms with Crippen LogP contribution in [0.5, 0.6) is 0 Å². The maximum Gasteiger partial charge on any atom is 0.251 e. The molecule has 0 spiro atoms. The number of hydrogen-bond acceptors (Lipinski definition) is 5. The van der Waals surface area contributed by atoms with Gasteiger partial charge in [0, 0.05) is 44.5 Å². The fourth-order valence-electron chi connectivity index (χ4n) is 3.75. The third kappa shape index (κ3) is 5.21. The van der Waals surface area contributed by atoms with Crippen molar-refractivity contribution in [2.24, 2.45) is 0 Å². The Labute approximate surface area is 182 Å². The fraction of sp³-hybridized carbons (Fsp3) is 0.304. The maximum atomic E-state index is 12.7. The van der Waals surface area contributed by atoms with Gasteiger partial charge in [0.15, 0.2) is 0 Å². The summed E-state index contributed by atoms with van der Waals surface area (Å²) in [6, 6.07) is 19.1. The molecule has 0 aliphatic carbocycles. The Morgan fingerprint density at radius 2 is 1.68 bits per heavy atom. The van der Waals surface area contributed by atoms with Gasteiger partial charge >= 0.3 is 0 Å². The predicted octanol–water partition coefficient (Wildman–Crippen LogP) is 2.51. The lowest BCUT2D eigenvalue weighted by atomic mass is 10.1. The van der Waals surface area contributed by atoms with Crippen LogP contribution in [0.15, 0.2) is 66.9 Å². The van der Waals surface area contributed by atoms with Crippen molar-refractivity contribution in [3.8, 4) is 0 Å². The predicted molar refractivity (Wildman–Crippen MR) is 123 cm³/mol. The summed E-state index contributed by atoms with van der Waals surface area (Å²) < 4.78 is 26.9. The number of aromatic nitrogens is 1. The van der Waals surface area contributed by atoms with Crippen LogP contribution in [0.1, 0.15) is 16.8 Å². The summed E-state index contributed by atoms with van der Waals surface area (Å²) >= 11 is 0. The number of anilines is 1. The van der Waals surface area contributed by atoms with Crippen molar-refractivity contribution in [2.75, 3.05) is 43.4 Å². The Morgan fingerprint density at radius 1 is 0.935 bits per heavy atom. The number of fused-ring (bicyclic) bond motifs is 1. The van der Waals surface area contributed by atoms with Gasteiger partial charge in [-0.15, -0.1) is 0 Å². The summed E-state index contributed by atoms with van der Waals surface area (Å²) in [6.45, 7) is 2.45. The van der Waals surface area contributed by atoms with Gasteiger partial charge in [-0.3, -0.25) is 4.79 Å². The minimum atomic E-state index is -3.35. The van der Waals surface area contributed by atoms with E-state index in [9.17, 15) is 13.2 Å². The normalized spacial score (nSPS) is 15.2. The minimum Gasteiger partial charge on any atom is -0.354 e. The van der Waals surface area contributed by atoms with Crippen molar-refractivity contribution < 1.29 is 13.2 Å². The van der Waals surface area contributed by atoms with Gasteiger partial charge in [0.2, 0.25) is 10.0 Å². The number of benzene rings is 2. The third-order valence-corrected chi connectivity index (χ3v) is 7.44. The maximum absolute atomic E-state index is 12.7. The van der Waals surface area contributed by atoms with Crippen LogP contribution in [0, 0.1) is 0 Å². The average Bonchev–Trinajstić information content (AvgIpc) is 2.82. The second kappa shape index (κ2) is 9.45. The Hall–Kier alpha value is -2.97. The topological polar surface area (TPSA) is 82.6 Å². The number of pyridine rings is 1. The summed E-state index contributed by atoms with van der Waals surface area (Å²) in [5.41, 5.74) is 0.576. The summed E-state index contributed by atoms with van der Waals surface area (Å²) in [5.74, 6) is 0.706. The van der Waals surface area contributed by atoms with Crippen LogP contribution in [0.2, 0.25) is 0 Å². The molecule has 1 fully saturated rings. The summed E-state index contributed by atoms with van der Waals surface area (Å²) in [7, 11) is -3.35. The third-order valence-electron chi connectivity index (χ3n) is 5.48. The van der Waals surface area contributed by atoms with Gasteiger partial charge in [0.05, 0.1) is 5.75 Å². The van der Waals surface area contributed by atoms with E-state index in [1.165, 1.54) is 4.31 Å². The zero-order valence-corrected chi connectivity index (χ0v) is 18.1. The number of nitrogens with zero attached hydrogens (tertiary/aromatic N) is 3. The molecule has 4 rings (SSSR count). The van der Waals surface area contributed by atoms with E-state index in [1.54, 1.807) is 12.3 Å². The SMILES string of the molecule is O=C(NCCCS(=O)(=O)N1CCN(c2ccccn2)CC1)c1ccc2ccccc2c1. The molecule has 1 aliphatic rings. The first-order valence-corrected chi connectivity index (χ1v) is 12.0. The molecule has 2 aromatic carbocycles. The molecule has 1 amide bonds. The molecule has 0 saturated carbocycles. The molecule has 0 bridgehead atoms. The summed E-state index contributed by atoms with van der Waals surface area (Å²) in [4.78, 5) is 18.8. The van der Waals surface area contributed by atoms with Gasteiger partial charge in [0.25, 0.3) is 5.91 Å². The molecule has 2 heterocycles. The summed E-state index contributed by atoms with van der Waals surface area (Å²) in [6.07, 6.45) is 2.12. The van der Waals surface area contributed by atoms with Crippen molar-refractivity contribution in [1.29, 1.82) is 0 Å². The van der Waals surface area contributed by atoms with Crippen LogP contribution < -0.4 is 10.2 Å². The average molecular weight is 439 g/mol. The largest absolute Gasteiger partial charge is 0.354 e. The molecule has 8 heteroatoms. The van der Waals surface area contributed by atoms with Crippen molar-refractivity contribution >= 4 is 32.5 Å². The van der Waals surface area contributed by atoms with Crippen LogP contribution >= 0.6 is 0 Å². The molecule has 7 nitrogen and oxygen atoms in total. The molecular formula is C23H26N4O3S. The first kappa shape index (κ1) is 21.3. The first-order chi connectivity index (χ1) is 15.0. The van der Waals surface area contributed by atoms with E-state index < -0.39 is 10.0 Å². The number of carbonyl (C=O) groups excluding carboxylic acids is 1. The van der Waals surface area contributed by atoms with Crippen molar-refractivity contribution in [1.82, 2.24) is 14.6 Å². The smallest absolute Gasteiger partial charge is 0.251 e. The highest BCUT2D eigenvalue weighted by Gasteiger charge is 2.27. The fourth-order valence-corrected chi connectivity index (χ4v) is 5.24. The number of piperazine rings is 1. The zero-order valence-electron chi connectivity index (χ0n) is 17.3. The molecule has 1 aliphatic heterocycles. The molecule has 162 valence electrons. The Balaban J connectivity index is 1.24. The highest BCUT2D eigenvalue weighted by Crippen LogP contribution is 2.16. The standard InChI is InChI=1S/C23H26N4O3S/c28-23(21-10-9-19-6-1-2-7-20(19)18-21)25-12-5-17-31(29,30)27-15-13-26(14-16-27)22-8-3-4-11-24-22/h1-4,6-11,18H,5,12-17H2,(H,25,28). The first-order valence-electron chi connectivity index (χ1n) is 10.4. The summed E-state index contributed by atoms with van der Waals surface area (Å²) in [5, 5.41) is 4.91. The van der Waals surface area contributed by atoms with Crippen molar-refractivity contribution in [2.45, 2.75) is 6.42 Å². The van der Waals surface area contributed by atoms with Crippen molar-refractivity contribution in [3.63, 3.8) is 0 Å². The van der Waals surface area contributed by atoms with Crippen molar-refractivity contribution in [3.05, 3.63) is 72.4 Å². The van der Waals surface area contributed by atoms with E-state index in [2.05, 4.69) is 15.2 Å².